The van der Waals surface area contributed by atoms with Crippen LogP contribution in [0, 0.1) is 28.1 Å². The highest BCUT2D eigenvalue weighted by Crippen LogP contribution is 2.73. The van der Waals surface area contributed by atoms with E-state index in [1.54, 1.807) is 13.8 Å². The molecule has 5 aliphatic rings. The molecule has 0 amide bonds. The lowest BCUT2D eigenvalue weighted by Crippen LogP contribution is -2.75. The third-order valence-corrected chi connectivity index (χ3v) is 11.3. The fraction of sp³-hybridized carbons (Fsp3) is 0.923. The zero-order valence-corrected chi connectivity index (χ0v) is 21.7. The predicted molar refractivity (Wildman–Crippen MR) is 126 cm³/mol. The molecule has 0 aromatic heterocycles. The summed E-state index contributed by atoms with van der Waals surface area (Å²) in [5.74, 6) is -2.70. The summed E-state index contributed by atoms with van der Waals surface area (Å²) in [6.07, 6.45) is -7.74. The number of hydrogen-bond donors (Lipinski definition) is 8. The van der Waals surface area contributed by atoms with Crippen molar-refractivity contribution in [3.63, 3.8) is 0 Å². The summed E-state index contributed by atoms with van der Waals surface area (Å²) >= 11 is 0. The van der Waals surface area contributed by atoms with E-state index in [0.29, 0.717) is 25.7 Å². The number of esters is 1. The van der Waals surface area contributed by atoms with E-state index in [1.807, 2.05) is 0 Å². The molecular weight excluding hydrogens is 504 g/mol. The van der Waals surface area contributed by atoms with Gasteiger partial charge in [-0.3, -0.25) is 9.59 Å². The van der Waals surface area contributed by atoms with Gasteiger partial charge < -0.3 is 50.3 Å². The van der Waals surface area contributed by atoms with Crippen LogP contribution < -0.4 is 0 Å². The van der Waals surface area contributed by atoms with Crippen molar-refractivity contribution in [2.24, 2.45) is 28.1 Å². The molecule has 1 saturated heterocycles. The molecule has 5 fully saturated rings. The zero-order chi connectivity index (χ0) is 28.1. The molecule has 38 heavy (non-hydrogen) atoms. The number of ether oxygens (including phenoxy) is 2. The number of carbonyl (C=O) groups excluding carboxylic acids is 2. The van der Waals surface area contributed by atoms with Crippen LogP contribution >= 0.6 is 0 Å². The Hall–Kier alpha value is -1.22. The summed E-state index contributed by atoms with van der Waals surface area (Å²) in [5, 5.41) is 84.8. The number of aliphatic hydroxyl groups excluding tert-OH is 6. The summed E-state index contributed by atoms with van der Waals surface area (Å²) in [6, 6.07) is 0. The third-order valence-electron chi connectivity index (χ3n) is 11.3. The number of hydrogen-bond acceptors (Lipinski definition) is 12. The second-order valence-corrected chi connectivity index (χ2v) is 12.8. The smallest absolute Gasteiger partial charge is 0.314 e. The molecular formula is C26H40O12. The van der Waals surface area contributed by atoms with Crippen LogP contribution in [-0.2, 0) is 19.1 Å². The van der Waals surface area contributed by atoms with Crippen LogP contribution in [0.3, 0.4) is 0 Å². The van der Waals surface area contributed by atoms with Crippen molar-refractivity contribution in [1.82, 2.24) is 0 Å². The van der Waals surface area contributed by atoms with Gasteiger partial charge in [0, 0.05) is 11.3 Å². The molecule has 8 N–H and O–H groups in total. The molecule has 12 nitrogen and oxygen atoms in total. The Morgan fingerprint density at radius 2 is 1.71 bits per heavy atom. The van der Waals surface area contributed by atoms with E-state index in [9.17, 15) is 50.4 Å². The quantitative estimate of drug-likeness (QED) is 0.176. The van der Waals surface area contributed by atoms with Gasteiger partial charge in [-0.05, 0) is 51.4 Å². The molecule has 1 heterocycles. The molecule has 4 saturated carbocycles. The monoisotopic (exact) mass is 544 g/mol. The minimum atomic E-state index is -2.05. The van der Waals surface area contributed by atoms with E-state index in [-0.39, 0.29) is 19.3 Å². The SMILES string of the molecule is C[C@@]1(C(=O)O[C@@H]2O[C@H](CO)[C@@H](O)[C@H](O)[C@H]2O)CCC[C@]2(C)[C@@H]1CC[C@@]13C[C@@H](C[C@H](O)[C@]12O)[C@](O)(CO)C3=O. The largest absolute Gasteiger partial charge is 0.432 e. The van der Waals surface area contributed by atoms with Gasteiger partial charge in [0.1, 0.15) is 35.6 Å². The topological polar surface area (TPSA) is 214 Å². The van der Waals surface area contributed by atoms with Crippen LogP contribution in [0.4, 0.5) is 0 Å². The first kappa shape index (κ1) is 28.3. The van der Waals surface area contributed by atoms with Crippen LogP contribution in [0.2, 0.25) is 0 Å². The Balaban J connectivity index is 1.48. The number of carbonyl (C=O) groups is 2. The molecule has 12 heteroatoms. The van der Waals surface area contributed by atoms with Gasteiger partial charge in [-0.1, -0.05) is 13.3 Å². The lowest BCUT2D eigenvalue weighted by atomic mass is 9.38. The summed E-state index contributed by atoms with van der Waals surface area (Å²) in [5.41, 5.74) is -7.88. The van der Waals surface area contributed by atoms with Gasteiger partial charge in [-0.25, -0.2) is 0 Å². The van der Waals surface area contributed by atoms with Gasteiger partial charge in [-0.2, -0.15) is 0 Å². The van der Waals surface area contributed by atoms with Crippen LogP contribution in [-0.4, -0.2) is 114 Å². The number of aliphatic hydroxyl groups is 8. The minimum Gasteiger partial charge on any atom is -0.432 e. The standard InChI is InChI=1S/C26H40O12/c1-22(21(34)38-19-18(32)17(31)16(30)13(10-27)37-19)5-3-6-23(2)14(22)4-7-24-9-12(8-15(29)26(23,24)36)25(35,11-28)20(24)33/h12-19,27-32,35-36H,3-11H2,1-2H3/t12-,13-,14-,15+,16-,17+,18-,19+,22-,23-,24+,25-,26-/m1/s1. The van der Waals surface area contributed by atoms with E-state index < -0.39 is 101 Å². The summed E-state index contributed by atoms with van der Waals surface area (Å²) in [7, 11) is 0. The maximum absolute atomic E-state index is 13.7. The predicted octanol–water partition coefficient (Wildman–Crippen LogP) is -2.27. The second kappa shape index (κ2) is 8.89. The van der Waals surface area contributed by atoms with Crippen molar-refractivity contribution in [2.45, 2.75) is 107 Å². The molecule has 1 aliphatic heterocycles. The van der Waals surface area contributed by atoms with Gasteiger partial charge in [0.15, 0.2) is 5.78 Å². The van der Waals surface area contributed by atoms with Crippen LogP contribution in [0.15, 0.2) is 0 Å². The summed E-state index contributed by atoms with van der Waals surface area (Å²) in [6.45, 7) is 1.94. The number of Topliss-reactive ketones (excluding diaryl/α,β-unsaturated/α-hetero) is 1. The highest BCUT2D eigenvalue weighted by Gasteiger charge is 2.81. The Morgan fingerprint density at radius 1 is 1.03 bits per heavy atom. The lowest BCUT2D eigenvalue weighted by molar-refractivity contribution is -0.307. The van der Waals surface area contributed by atoms with Crippen molar-refractivity contribution in [2.75, 3.05) is 13.2 Å². The van der Waals surface area contributed by atoms with Crippen LogP contribution in [0.5, 0.6) is 0 Å². The fourth-order valence-corrected chi connectivity index (χ4v) is 9.19. The van der Waals surface area contributed by atoms with E-state index in [0.717, 1.165) is 0 Å². The molecule has 0 aromatic rings. The maximum atomic E-state index is 13.7. The Labute approximate surface area is 220 Å². The van der Waals surface area contributed by atoms with Crippen molar-refractivity contribution < 1.29 is 59.9 Å². The van der Waals surface area contributed by atoms with Crippen LogP contribution in [0.1, 0.15) is 58.8 Å². The van der Waals surface area contributed by atoms with Crippen molar-refractivity contribution >= 4 is 11.8 Å². The first-order valence-corrected chi connectivity index (χ1v) is 13.5. The second-order valence-electron chi connectivity index (χ2n) is 12.8. The Kier molecular flexibility index (Phi) is 6.62. The zero-order valence-electron chi connectivity index (χ0n) is 21.7. The summed E-state index contributed by atoms with van der Waals surface area (Å²) < 4.78 is 10.9. The van der Waals surface area contributed by atoms with E-state index in [1.165, 1.54) is 0 Å². The molecule has 0 radical (unpaired) electrons. The average Bonchev–Trinajstić information content (AvgIpc) is 3.07. The van der Waals surface area contributed by atoms with E-state index >= 15 is 0 Å². The fourth-order valence-electron chi connectivity index (χ4n) is 9.19. The highest BCUT2D eigenvalue weighted by molar-refractivity contribution is 5.97. The first-order chi connectivity index (χ1) is 17.7. The van der Waals surface area contributed by atoms with Crippen molar-refractivity contribution in [1.29, 1.82) is 0 Å². The molecule has 5 rings (SSSR count). The Bertz CT molecular complexity index is 989. The normalized spacial score (nSPS) is 56.2. The number of ketones is 1. The van der Waals surface area contributed by atoms with Crippen LogP contribution in [0.25, 0.3) is 0 Å². The van der Waals surface area contributed by atoms with Gasteiger partial charge in [-0.15, -0.1) is 0 Å². The van der Waals surface area contributed by atoms with E-state index in [2.05, 4.69) is 0 Å². The minimum absolute atomic E-state index is 0.0740. The molecule has 2 bridgehead atoms. The third kappa shape index (κ3) is 3.23. The number of fused-ring (bicyclic) bond motifs is 3. The van der Waals surface area contributed by atoms with E-state index in [4.69, 9.17) is 9.47 Å². The average molecular weight is 545 g/mol. The molecule has 216 valence electrons. The van der Waals surface area contributed by atoms with Gasteiger partial charge in [0.25, 0.3) is 0 Å². The molecule has 13 atom stereocenters. The van der Waals surface area contributed by atoms with Gasteiger partial charge in [0.2, 0.25) is 6.29 Å². The highest BCUT2D eigenvalue weighted by atomic mass is 16.7. The molecule has 0 unspecified atom stereocenters. The first-order valence-electron chi connectivity index (χ1n) is 13.5. The lowest BCUT2D eigenvalue weighted by Gasteiger charge is -2.67. The molecule has 4 aliphatic carbocycles. The van der Waals surface area contributed by atoms with Crippen molar-refractivity contribution in [3.05, 3.63) is 0 Å². The summed E-state index contributed by atoms with van der Waals surface area (Å²) in [4.78, 5) is 27.4. The molecule has 0 aromatic carbocycles. The maximum Gasteiger partial charge on any atom is 0.314 e. The molecule has 1 spiro atoms. The Morgan fingerprint density at radius 3 is 2.34 bits per heavy atom. The number of rotatable bonds is 4. The van der Waals surface area contributed by atoms with Gasteiger partial charge in [0.05, 0.1) is 30.1 Å². The van der Waals surface area contributed by atoms with Gasteiger partial charge >= 0.3 is 5.97 Å². The van der Waals surface area contributed by atoms with Crippen molar-refractivity contribution in [3.8, 4) is 0 Å².